The molecule has 20 heteroatoms. The zero-order valence-electron chi connectivity index (χ0n) is 26.8. The fraction of sp³-hybridized carbons (Fsp3) is 0.964. The Kier molecular flexibility index (Phi) is 16.2. The molecule has 3 aliphatic rings. The Bertz CT molecular complexity index is 966. The van der Waals surface area contributed by atoms with E-state index in [1.165, 1.54) is 6.92 Å². The molecule has 0 saturated carbocycles. The highest BCUT2D eigenvalue weighted by Crippen LogP contribution is 2.31. The van der Waals surface area contributed by atoms with E-state index in [-0.39, 0.29) is 6.42 Å². The van der Waals surface area contributed by atoms with E-state index >= 15 is 0 Å². The van der Waals surface area contributed by atoms with Gasteiger partial charge in [-0.3, -0.25) is 4.79 Å². The highest BCUT2D eigenvalue weighted by molar-refractivity contribution is 5.73. The molecule has 0 aromatic heterocycles. The van der Waals surface area contributed by atoms with Crippen LogP contribution in [0.15, 0.2) is 0 Å². The average molecular weight is 706 g/mol. The molecule has 0 aromatic rings. The number of nitrogens with one attached hydrogen (secondary N) is 1. The minimum Gasteiger partial charge on any atom is -0.394 e. The molecule has 18 atom stereocenters. The summed E-state index contributed by atoms with van der Waals surface area (Å²) in [6, 6.07) is -1.40. The highest BCUT2D eigenvalue weighted by Gasteiger charge is 2.50. The van der Waals surface area contributed by atoms with Gasteiger partial charge >= 0.3 is 0 Å². The van der Waals surface area contributed by atoms with Crippen molar-refractivity contribution in [3.8, 4) is 0 Å². The van der Waals surface area contributed by atoms with Crippen LogP contribution < -0.4 is 5.32 Å². The van der Waals surface area contributed by atoms with Crippen LogP contribution in [0.5, 0.6) is 0 Å². The number of aliphatic hydroxyl groups is 11. The van der Waals surface area contributed by atoms with Gasteiger partial charge in [-0.15, -0.1) is 0 Å². The second-order valence-corrected chi connectivity index (χ2v) is 12.1. The van der Waals surface area contributed by atoms with Crippen molar-refractivity contribution in [2.75, 3.05) is 33.0 Å². The lowest BCUT2D eigenvalue weighted by Crippen LogP contribution is -2.64. The van der Waals surface area contributed by atoms with Gasteiger partial charge in [0.2, 0.25) is 5.91 Å². The van der Waals surface area contributed by atoms with Gasteiger partial charge in [-0.2, -0.15) is 0 Å². The van der Waals surface area contributed by atoms with Gasteiger partial charge < -0.3 is 94.6 Å². The number of hydrogen-bond acceptors (Lipinski definition) is 19. The molecule has 0 aromatic carbocycles. The van der Waals surface area contributed by atoms with Crippen LogP contribution >= 0.6 is 0 Å². The van der Waals surface area contributed by atoms with Crippen molar-refractivity contribution in [2.24, 2.45) is 0 Å². The Morgan fingerprint density at radius 3 is 1.94 bits per heavy atom. The van der Waals surface area contributed by atoms with Crippen LogP contribution in [0.3, 0.4) is 0 Å². The second kappa shape index (κ2) is 18.8. The summed E-state index contributed by atoms with van der Waals surface area (Å²) in [6.07, 6.45) is -24.5. The lowest BCUT2D eigenvalue weighted by Gasteiger charge is -2.46. The van der Waals surface area contributed by atoms with Gasteiger partial charge in [-0.1, -0.05) is 0 Å². The molecule has 3 rings (SSSR count). The van der Waals surface area contributed by atoms with Crippen molar-refractivity contribution >= 4 is 5.91 Å². The van der Waals surface area contributed by atoms with Crippen molar-refractivity contribution < 1.29 is 94.1 Å². The topological polar surface area (TPSA) is 316 Å². The van der Waals surface area contributed by atoms with Crippen LogP contribution in [0.1, 0.15) is 27.2 Å². The molecule has 3 aliphatic heterocycles. The first-order chi connectivity index (χ1) is 22.7. The van der Waals surface area contributed by atoms with Gasteiger partial charge in [0.05, 0.1) is 57.5 Å². The Morgan fingerprint density at radius 1 is 0.771 bits per heavy atom. The molecular weight excluding hydrogens is 654 g/mol. The first-order valence-corrected chi connectivity index (χ1v) is 15.7. The summed E-state index contributed by atoms with van der Waals surface area (Å²) in [6.45, 7) is 0.413. The third kappa shape index (κ3) is 9.96. The summed E-state index contributed by atoms with van der Waals surface area (Å²) in [7, 11) is 0. The maximum absolute atomic E-state index is 12.0. The maximum Gasteiger partial charge on any atom is 0.217 e. The Labute approximate surface area is 276 Å². The van der Waals surface area contributed by atoms with Crippen molar-refractivity contribution in [1.29, 1.82) is 0 Å². The Hall–Kier alpha value is -1.25. The van der Waals surface area contributed by atoms with E-state index in [0.717, 1.165) is 6.92 Å². The third-order valence-electron chi connectivity index (χ3n) is 8.55. The number of carbonyl (C=O) groups is 1. The molecule has 0 aliphatic carbocycles. The number of ether oxygens (including phenoxy) is 7. The normalized spacial score (nSPS) is 41.7. The molecule has 282 valence electrons. The van der Waals surface area contributed by atoms with Crippen LogP contribution in [0.2, 0.25) is 0 Å². The monoisotopic (exact) mass is 705 g/mol. The third-order valence-corrected chi connectivity index (χ3v) is 8.55. The fourth-order valence-corrected chi connectivity index (χ4v) is 5.63. The standard InChI is InChI=1S/C28H51NO19/c1-10-14(36)4-15(17(7-32)42-10)44-28-24(41)25(21(38)19(9-34)47-28)48-26(13(5-30)29-12(3)35)45-16(6-31)11(2)43-27-23(40)22(39)20(37)18(8-33)46-27/h10-11,13-28,30-34,36-41H,4-9H2,1-3H3,(H,29,35)/t10?,11-,13-,14-,15-,16?,17?,18?,19?,20?,21?,22?,23-,24?,25?,26?,27?,28?/m0/s1. The molecule has 48 heavy (non-hydrogen) atoms. The molecule has 1 amide bonds. The SMILES string of the molecule is CC(=O)N[C@@H](CO)C(OC1C(O)C(CO)OC(O[C@H]2C[C@H](O)C(C)OC2CO)C1O)OC(CO)[C@H](C)OC1OC(CO)C(O)C(O)[C@@H]1O. The molecule has 3 fully saturated rings. The Balaban J connectivity index is 1.83. The van der Waals surface area contributed by atoms with Gasteiger partial charge in [0, 0.05) is 13.3 Å². The molecule has 20 nitrogen and oxygen atoms in total. The van der Waals surface area contributed by atoms with Crippen LogP contribution in [0, 0.1) is 0 Å². The molecule has 13 unspecified atom stereocenters. The van der Waals surface area contributed by atoms with Crippen LogP contribution in [-0.4, -0.2) is 205 Å². The van der Waals surface area contributed by atoms with Crippen molar-refractivity contribution in [3.05, 3.63) is 0 Å². The van der Waals surface area contributed by atoms with E-state index in [1.54, 1.807) is 6.92 Å². The van der Waals surface area contributed by atoms with E-state index in [2.05, 4.69) is 5.32 Å². The number of hydrogen-bond donors (Lipinski definition) is 12. The van der Waals surface area contributed by atoms with Crippen LogP contribution in [-0.2, 0) is 38.0 Å². The van der Waals surface area contributed by atoms with E-state index in [1.807, 2.05) is 0 Å². The van der Waals surface area contributed by atoms with E-state index < -0.39 is 149 Å². The van der Waals surface area contributed by atoms with Crippen LogP contribution in [0.4, 0.5) is 0 Å². The predicted octanol–water partition coefficient (Wildman–Crippen LogP) is -6.87. The summed E-state index contributed by atoms with van der Waals surface area (Å²) < 4.78 is 39.8. The average Bonchev–Trinajstić information content (AvgIpc) is 3.06. The largest absolute Gasteiger partial charge is 0.394 e. The van der Waals surface area contributed by atoms with Gasteiger partial charge in [-0.25, -0.2) is 0 Å². The highest BCUT2D eigenvalue weighted by atomic mass is 16.7. The zero-order chi connectivity index (χ0) is 35.9. The molecule has 0 spiro atoms. The lowest BCUT2D eigenvalue weighted by molar-refractivity contribution is -0.355. The van der Waals surface area contributed by atoms with Gasteiger partial charge in [0.25, 0.3) is 0 Å². The molecule has 0 bridgehead atoms. The Morgan fingerprint density at radius 2 is 1.38 bits per heavy atom. The van der Waals surface area contributed by atoms with E-state index in [9.17, 15) is 61.0 Å². The number of rotatable bonds is 16. The lowest BCUT2D eigenvalue weighted by atomic mass is 9.97. The predicted molar refractivity (Wildman–Crippen MR) is 154 cm³/mol. The number of carbonyl (C=O) groups excluding carboxylic acids is 1. The molecule has 12 N–H and O–H groups in total. The fourth-order valence-electron chi connectivity index (χ4n) is 5.63. The van der Waals surface area contributed by atoms with Crippen molar-refractivity contribution in [1.82, 2.24) is 5.32 Å². The van der Waals surface area contributed by atoms with Gasteiger partial charge in [0.1, 0.15) is 67.1 Å². The maximum atomic E-state index is 12.0. The first kappa shape index (κ1) is 41.2. The zero-order valence-corrected chi connectivity index (χ0v) is 26.8. The quantitative estimate of drug-likeness (QED) is 0.0664. The van der Waals surface area contributed by atoms with Crippen LogP contribution in [0.25, 0.3) is 0 Å². The summed E-state index contributed by atoms with van der Waals surface area (Å²) in [4.78, 5) is 12.0. The molecule has 3 heterocycles. The van der Waals surface area contributed by atoms with Crippen molar-refractivity contribution in [3.63, 3.8) is 0 Å². The summed E-state index contributed by atoms with van der Waals surface area (Å²) in [5.74, 6) is -0.653. The summed E-state index contributed by atoms with van der Waals surface area (Å²) >= 11 is 0. The minimum absolute atomic E-state index is 0.0256. The smallest absolute Gasteiger partial charge is 0.217 e. The van der Waals surface area contributed by atoms with Gasteiger partial charge in [0.15, 0.2) is 18.9 Å². The molecule has 3 saturated heterocycles. The second-order valence-electron chi connectivity index (χ2n) is 12.1. The molecular formula is C28H51NO19. The van der Waals surface area contributed by atoms with Crippen molar-refractivity contribution in [2.45, 2.75) is 138 Å². The minimum atomic E-state index is -1.85. The number of amides is 1. The summed E-state index contributed by atoms with van der Waals surface area (Å²) in [5, 5.41) is 115. The van der Waals surface area contributed by atoms with E-state index in [0.29, 0.717) is 0 Å². The summed E-state index contributed by atoms with van der Waals surface area (Å²) in [5.41, 5.74) is 0. The molecule has 0 radical (unpaired) electrons. The number of aliphatic hydroxyl groups excluding tert-OH is 11. The van der Waals surface area contributed by atoms with E-state index in [4.69, 9.17) is 33.2 Å². The van der Waals surface area contributed by atoms with Gasteiger partial charge in [-0.05, 0) is 13.8 Å². The first-order valence-electron chi connectivity index (χ1n) is 15.7.